The molecule has 2 heterocycles. The molecule has 2 aromatic heterocycles. The van der Waals surface area contributed by atoms with Crippen LogP contribution in [-0.2, 0) is 0 Å². The van der Waals surface area contributed by atoms with Crippen molar-refractivity contribution in [2.45, 2.75) is 0 Å². The van der Waals surface area contributed by atoms with Crippen molar-refractivity contribution in [2.75, 3.05) is 5.32 Å². The van der Waals surface area contributed by atoms with Crippen LogP contribution in [0.4, 0.5) is 5.95 Å². The van der Waals surface area contributed by atoms with Gasteiger partial charge >= 0.3 is 0 Å². The summed E-state index contributed by atoms with van der Waals surface area (Å²) >= 11 is 3.37. The second kappa shape index (κ2) is 4.81. The van der Waals surface area contributed by atoms with Crippen LogP contribution in [0, 0.1) is 0 Å². The first kappa shape index (κ1) is 11.9. The Bertz CT molecular complexity index is 740. The minimum Gasteiger partial charge on any atom is -0.451 e. The van der Waals surface area contributed by atoms with Crippen molar-refractivity contribution in [2.24, 2.45) is 0 Å². The quantitative estimate of drug-likeness (QED) is 0.787. The molecule has 94 valence electrons. The van der Waals surface area contributed by atoms with E-state index in [2.05, 4.69) is 31.2 Å². The third-order valence-electron chi connectivity index (χ3n) is 2.49. The fourth-order valence-electron chi connectivity index (χ4n) is 1.65. The first-order valence-electron chi connectivity index (χ1n) is 5.50. The molecule has 3 rings (SSSR count). The summed E-state index contributed by atoms with van der Waals surface area (Å²) in [6.45, 7) is 0. The number of aromatic nitrogens is 2. The first-order chi connectivity index (χ1) is 9.22. The Hall–Kier alpha value is -2.21. The van der Waals surface area contributed by atoms with Crippen LogP contribution < -0.4 is 5.32 Å². The van der Waals surface area contributed by atoms with Gasteiger partial charge in [0.15, 0.2) is 5.76 Å². The molecule has 5 nitrogen and oxygen atoms in total. The molecule has 0 aliphatic rings. The third-order valence-corrected chi connectivity index (χ3v) is 2.99. The maximum Gasteiger partial charge on any atom is 0.293 e. The molecule has 19 heavy (non-hydrogen) atoms. The molecule has 3 aromatic rings. The van der Waals surface area contributed by atoms with Crippen molar-refractivity contribution >= 4 is 38.8 Å². The molecule has 6 heteroatoms. The number of furan rings is 1. The predicted octanol–water partition coefficient (Wildman–Crippen LogP) is 3.24. The summed E-state index contributed by atoms with van der Waals surface area (Å²) in [5, 5.41) is 3.42. The van der Waals surface area contributed by atoms with Crippen molar-refractivity contribution in [3.63, 3.8) is 0 Å². The van der Waals surface area contributed by atoms with E-state index in [9.17, 15) is 4.79 Å². The van der Waals surface area contributed by atoms with Gasteiger partial charge in [-0.2, -0.15) is 0 Å². The fraction of sp³-hybridized carbons (Fsp3) is 0. The van der Waals surface area contributed by atoms with E-state index in [0.717, 1.165) is 9.86 Å². The molecule has 0 unspecified atom stereocenters. The molecule has 0 bridgehead atoms. The van der Waals surface area contributed by atoms with Gasteiger partial charge in [-0.25, -0.2) is 9.97 Å². The number of nitrogens with one attached hydrogen (secondary N) is 1. The SMILES string of the molecule is O=C(Nc1ncccn1)c1cc2cc(Br)ccc2o1. The number of rotatable bonds is 2. The first-order valence-corrected chi connectivity index (χ1v) is 6.29. The summed E-state index contributed by atoms with van der Waals surface area (Å²) in [6, 6.07) is 8.89. The highest BCUT2D eigenvalue weighted by Crippen LogP contribution is 2.23. The van der Waals surface area contributed by atoms with Crippen LogP contribution in [-0.4, -0.2) is 15.9 Å². The maximum atomic E-state index is 12.0. The van der Waals surface area contributed by atoms with E-state index >= 15 is 0 Å². The smallest absolute Gasteiger partial charge is 0.293 e. The molecule has 0 aliphatic carbocycles. The standard InChI is InChI=1S/C13H8BrN3O2/c14-9-2-3-10-8(6-9)7-11(19-10)12(18)17-13-15-4-1-5-16-13/h1-7H,(H,15,16,17,18). The Kier molecular flexibility index (Phi) is 3.00. The molecule has 0 aliphatic heterocycles. The van der Waals surface area contributed by atoms with Crippen LogP contribution in [0.3, 0.4) is 0 Å². The molecule has 0 radical (unpaired) electrons. The predicted molar refractivity (Wildman–Crippen MR) is 73.9 cm³/mol. The van der Waals surface area contributed by atoms with Gasteiger partial charge in [-0.3, -0.25) is 10.1 Å². The molecule has 1 N–H and O–H groups in total. The van der Waals surface area contributed by atoms with Gasteiger partial charge in [-0.05, 0) is 30.3 Å². The van der Waals surface area contributed by atoms with Gasteiger partial charge < -0.3 is 4.42 Å². The minimum absolute atomic E-state index is 0.223. The van der Waals surface area contributed by atoms with E-state index in [1.54, 1.807) is 30.6 Å². The van der Waals surface area contributed by atoms with Crippen LogP contribution in [0.15, 0.2) is 51.6 Å². The van der Waals surface area contributed by atoms with E-state index in [0.29, 0.717) is 5.58 Å². The Morgan fingerprint density at radius 1 is 1.21 bits per heavy atom. The average Bonchev–Trinajstić information content (AvgIpc) is 2.83. The molecule has 1 amide bonds. The average molecular weight is 318 g/mol. The lowest BCUT2D eigenvalue weighted by Gasteiger charge is -1.98. The summed E-state index contributed by atoms with van der Waals surface area (Å²) in [5.41, 5.74) is 0.655. The Balaban J connectivity index is 1.89. The topological polar surface area (TPSA) is 68.0 Å². The number of benzene rings is 1. The van der Waals surface area contributed by atoms with Gasteiger partial charge in [-0.1, -0.05) is 15.9 Å². The summed E-state index contributed by atoms with van der Waals surface area (Å²) < 4.78 is 6.40. The van der Waals surface area contributed by atoms with Crippen molar-refractivity contribution in [1.82, 2.24) is 9.97 Å². The highest BCUT2D eigenvalue weighted by molar-refractivity contribution is 9.10. The fourth-order valence-corrected chi connectivity index (χ4v) is 2.03. The van der Waals surface area contributed by atoms with Gasteiger partial charge in [-0.15, -0.1) is 0 Å². The number of anilines is 1. The summed E-state index contributed by atoms with van der Waals surface area (Å²) in [7, 11) is 0. The number of carbonyl (C=O) groups excluding carboxylic acids is 1. The van der Waals surface area contributed by atoms with Gasteiger partial charge in [0, 0.05) is 22.3 Å². The van der Waals surface area contributed by atoms with Crippen molar-refractivity contribution < 1.29 is 9.21 Å². The molecular formula is C13H8BrN3O2. The Morgan fingerprint density at radius 2 is 2.00 bits per heavy atom. The summed E-state index contributed by atoms with van der Waals surface area (Å²) in [4.78, 5) is 19.8. The molecular weight excluding hydrogens is 310 g/mol. The monoisotopic (exact) mass is 317 g/mol. The molecule has 0 spiro atoms. The van der Waals surface area contributed by atoms with Crippen molar-refractivity contribution in [1.29, 1.82) is 0 Å². The number of amides is 1. The zero-order chi connectivity index (χ0) is 13.2. The van der Waals surface area contributed by atoms with E-state index < -0.39 is 0 Å². The van der Waals surface area contributed by atoms with E-state index in [-0.39, 0.29) is 17.6 Å². The van der Waals surface area contributed by atoms with E-state index in [1.165, 1.54) is 0 Å². The normalized spacial score (nSPS) is 10.6. The molecule has 0 saturated heterocycles. The van der Waals surface area contributed by atoms with Crippen molar-refractivity contribution in [3.05, 3.63) is 53.0 Å². The molecule has 1 aromatic carbocycles. The Morgan fingerprint density at radius 3 is 2.79 bits per heavy atom. The van der Waals surface area contributed by atoms with Gasteiger partial charge in [0.1, 0.15) is 5.58 Å². The van der Waals surface area contributed by atoms with Crippen LogP contribution in [0.25, 0.3) is 11.0 Å². The zero-order valence-electron chi connectivity index (χ0n) is 9.63. The number of halogens is 1. The molecule has 0 saturated carbocycles. The summed E-state index contributed by atoms with van der Waals surface area (Å²) in [6.07, 6.45) is 3.11. The van der Waals surface area contributed by atoms with Crippen LogP contribution in [0.1, 0.15) is 10.6 Å². The summed E-state index contributed by atoms with van der Waals surface area (Å²) in [5.74, 6) is 0.0909. The zero-order valence-corrected chi connectivity index (χ0v) is 11.2. The van der Waals surface area contributed by atoms with Crippen LogP contribution >= 0.6 is 15.9 Å². The minimum atomic E-state index is -0.376. The van der Waals surface area contributed by atoms with Crippen molar-refractivity contribution in [3.8, 4) is 0 Å². The van der Waals surface area contributed by atoms with Crippen LogP contribution in [0.2, 0.25) is 0 Å². The lowest BCUT2D eigenvalue weighted by atomic mass is 10.2. The van der Waals surface area contributed by atoms with Gasteiger partial charge in [0.2, 0.25) is 5.95 Å². The van der Waals surface area contributed by atoms with E-state index in [4.69, 9.17) is 4.42 Å². The van der Waals surface area contributed by atoms with E-state index in [1.807, 2.05) is 12.1 Å². The number of carbonyl (C=O) groups is 1. The molecule has 0 fully saturated rings. The second-order valence-electron chi connectivity index (χ2n) is 3.82. The van der Waals surface area contributed by atoms with Gasteiger partial charge in [0.25, 0.3) is 5.91 Å². The molecule has 0 atom stereocenters. The highest BCUT2D eigenvalue weighted by atomic mass is 79.9. The largest absolute Gasteiger partial charge is 0.451 e. The number of hydrogen-bond acceptors (Lipinski definition) is 4. The Labute approximate surface area is 116 Å². The van der Waals surface area contributed by atoms with Gasteiger partial charge in [0.05, 0.1) is 0 Å². The number of nitrogens with zero attached hydrogens (tertiary/aromatic N) is 2. The number of hydrogen-bond donors (Lipinski definition) is 1. The number of fused-ring (bicyclic) bond motifs is 1. The second-order valence-corrected chi connectivity index (χ2v) is 4.73. The lowest BCUT2D eigenvalue weighted by Crippen LogP contribution is -2.12. The maximum absolute atomic E-state index is 12.0. The third kappa shape index (κ3) is 2.48. The van der Waals surface area contributed by atoms with Crippen LogP contribution in [0.5, 0.6) is 0 Å². The highest BCUT2D eigenvalue weighted by Gasteiger charge is 2.13. The lowest BCUT2D eigenvalue weighted by molar-refractivity contribution is 0.0998.